The highest BCUT2D eigenvalue weighted by molar-refractivity contribution is 7.11. The average molecular weight is 360 g/mol. The van der Waals surface area contributed by atoms with Gasteiger partial charge < -0.3 is 20.8 Å². The number of piperidine rings is 1. The molecule has 134 valence electrons. The number of nitrogens with one attached hydrogen (secondary N) is 2. The van der Waals surface area contributed by atoms with E-state index in [1.807, 2.05) is 0 Å². The number of aliphatic hydroxyl groups is 1. The summed E-state index contributed by atoms with van der Waals surface area (Å²) in [4.78, 5) is 15.1. The first-order valence-electron chi connectivity index (χ1n) is 8.57. The van der Waals surface area contributed by atoms with Gasteiger partial charge >= 0.3 is 0 Å². The van der Waals surface area contributed by atoms with Gasteiger partial charge in [0, 0.05) is 40.2 Å². The smallest absolute Gasteiger partial charge is 0.251 e. The van der Waals surface area contributed by atoms with Gasteiger partial charge in [0.1, 0.15) is 5.75 Å². The van der Waals surface area contributed by atoms with E-state index in [0.717, 1.165) is 13.0 Å². The maximum absolute atomic E-state index is 12.6. The Labute approximate surface area is 151 Å². The Morgan fingerprint density at radius 1 is 1.32 bits per heavy atom. The van der Waals surface area contributed by atoms with Gasteiger partial charge in [-0.25, -0.2) is 0 Å². The zero-order valence-corrected chi connectivity index (χ0v) is 15.1. The van der Waals surface area contributed by atoms with Crippen LogP contribution in [0.15, 0.2) is 36.4 Å². The predicted octanol–water partition coefficient (Wildman–Crippen LogP) is 2.07. The van der Waals surface area contributed by atoms with Gasteiger partial charge in [0.05, 0.1) is 6.10 Å². The maximum Gasteiger partial charge on any atom is 0.251 e. The molecule has 1 aromatic carbocycles. The minimum atomic E-state index is -0.472. The van der Waals surface area contributed by atoms with Crippen molar-refractivity contribution in [1.29, 1.82) is 0 Å². The monoisotopic (exact) mass is 360 g/mol. The molecule has 1 aliphatic rings. The third kappa shape index (κ3) is 4.60. The highest BCUT2D eigenvalue weighted by Gasteiger charge is 2.32. The summed E-state index contributed by atoms with van der Waals surface area (Å²) in [7, 11) is 0. The number of hydrogen-bond acceptors (Lipinski definition) is 5. The van der Waals surface area contributed by atoms with Gasteiger partial charge in [-0.05, 0) is 56.3 Å². The van der Waals surface area contributed by atoms with Crippen molar-refractivity contribution in [2.75, 3.05) is 13.1 Å². The number of aliphatic hydroxyl groups excluding tert-OH is 1. The Bertz CT molecular complexity index is 714. The number of amides is 1. The van der Waals surface area contributed by atoms with E-state index in [2.05, 4.69) is 29.7 Å². The first kappa shape index (κ1) is 17.9. The van der Waals surface area contributed by atoms with Gasteiger partial charge in [0.2, 0.25) is 0 Å². The standard InChI is InChI=1S/C19H24N2O3S/c1-12-2-7-15(25-12)10-17(16-8-9-20-11-18(16)23)21-19(24)13-3-5-14(22)6-4-13/h2-7,16-18,20,22-23H,8-11H2,1H3,(H,21,24). The Morgan fingerprint density at radius 3 is 2.72 bits per heavy atom. The summed E-state index contributed by atoms with van der Waals surface area (Å²) < 4.78 is 0. The topological polar surface area (TPSA) is 81.6 Å². The van der Waals surface area contributed by atoms with Gasteiger partial charge in [-0.2, -0.15) is 0 Å². The molecule has 1 amide bonds. The van der Waals surface area contributed by atoms with Crippen molar-refractivity contribution in [2.24, 2.45) is 5.92 Å². The average Bonchev–Trinajstić information content (AvgIpc) is 3.00. The molecule has 1 fully saturated rings. The van der Waals surface area contributed by atoms with Crippen molar-refractivity contribution in [2.45, 2.75) is 31.9 Å². The van der Waals surface area contributed by atoms with Crippen LogP contribution in [0.3, 0.4) is 0 Å². The highest BCUT2D eigenvalue weighted by atomic mass is 32.1. The molecule has 3 unspecified atom stereocenters. The molecule has 0 bridgehead atoms. The van der Waals surface area contributed by atoms with Crippen molar-refractivity contribution < 1.29 is 15.0 Å². The van der Waals surface area contributed by atoms with Crippen molar-refractivity contribution in [3.05, 3.63) is 51.7 Å². The van der Waals surface area contributed by atoms with Crippen LogP contribution in [0.4, 0.5) is 0 Å². The Balaban J connectivity index is 1.77. The van der Waals surface area contributed by atoms with E-state index in [-0.39, 0.29) is 23.6 Å². The van der Waals surface area contributed by atoms with Crippen LogP contribution in [0.2, 0.25) is 0 Å². The fourth-order valence-corrected chi connectivity index (χ4v) is 4.27. The van der Waals surface area contributed by atoms with E-state index in [9.17, 15) is 15.0 Å². The molecule has 0 aliphatic carbocycles. The van der Waals surface area contributed by atoms with Gasteiger partial charge in [0.15, 0.2) is 0 Å². The second kappa shape index (κ2) is 7.99. The molecule has 5 nitrogen and oxygen atoms in total. The number of aromatic hydroxyl groups is 1. The number of phenols is 1. The molecule has 0 saturated carbocycles. The molecule has 2 aromatic rings. The highest BCUT2D eigenvalue weighted by Crippen LogP contribution is 2.24. The van der Waals surface area contributed by atoms with E-state index < -0.39 is 6.10 Å². The Hall–Kier alpha value is -1.89. The third-order valence-corrected chi connectivity index (χ3v) is 5.71. The SMILES string of the molecule is Cc1ccc(CC(NC(=O)c2ccc(O)cc2)C2CCNCC2O)s1. The minimum Gasteiger partial charge on any atom is -0.508 e. The normalized spacial score (nSPS) is 21.7. The van der Waals surface area contributed by atoms with Gasteiger partial charge in [-0.15, -0.1) is 11.3 Å². The molecule has 2 heterocycles. The van der Waals surface area contributed by atoms with Crippen molar-refractivity contribution in [3.8, 4) is 5.75 Å². The zero-order valence-electron chi connectivity index (χ0n) is 14.2. The molecule has 3 rings (SSSR count). The molecule has 1 saturated heterocycles. The second-order valence-corrected chi connectivity index (χ2v) is 7.94. The molecule has 6 heteroatoms. The molecule has 1 aliphatic heterocycles. The number of rotatable bonds is 5. The molecule has 3 atom stereocenters. The summed E-state index contributed by atoms with van der Waals surface area (Å²) in [6, 6.07) is 10.3. The Kier molecular flexibility index (Phi) is 5.73. The number of phenolic OH excluding ortho intramolecular Hbond substituents is 1. The predicted molar refractivity (Wildman–Crippen MR) is 99.1 cm³/mol. The summed E-state index contributed by atoms with van der Waals surface area (Å²) in [5.41, 5.74) is 0.508. The van der Waals surface area contributed by atoms with E-state index >= 15 is 0 Å². The molecule has 25 heavy (non-hydrogen) atoms. The molecule has 1 aromatic heterocycles. The number of β-amino-alcohol motifs (C(OH)–C–C–N with tert-alkyl or cyclic N) is 1. The van der Waals surface area contributed by atoms with Crippen molar-refractivity contribution in [1.82, 2.24) is 10.6 Å². The second-order valence-electron chi connectivity index (χ2n) is 6.57. The van der Waals surface area contributed by atoms with Crippen LogP contribution in [0.1, 0.15) is 26.5 Å². The number of thiophene rings is 1. The molecule has 0 radical (unpaired) electrons. The summed E-state index contributed by atoms with van der Waals surface area (Å²) >= 11 is 1.72. The van der Waals surface area contributed by atoms with Crippen molar-refractivity contribution in [3.63, 3.8) is 0 Å². The van der Waals surface area contributed by atoms with Crippen LogP contribution in [-0.2, 0) is 6.42 Å². The molecule has 4 N–H and O–H groups in total. The van der Waals surface area contributed by atoms with Crippen LogP contribution in [0, 0.1) is 12.8 Å². The van der Waals surface area contributed by atoms with Crippen LogP contribution in [-0.4, -0.2) is 41.4 Å². The van der Waals surface area contributed by atoms with Crippen LogP contribution in [0.25, 0.3) is 0 Å². The largest absolute Gasteiger partial charge is 0.508 e. The van der Waals surface area contributed by atoms with Gasteiger partial charge in [-0.1, -0.05) is 0 Å². The van der Waals surface area contributed by atoms with E-state index in [1.165, 1.54) is 21.9 Å². The lowest BCUT2D eigenvalue weighted by Gasteiger charge is -2.35. The van der Waals surface area contributed by atoms with Crippen molar-refractivity contribution >= 4 is 17.2 Å². The van der Waals surface area contributed by atoms with Gasteiger partial charge in [0.25, 0.3) is 5.91 Å². The summed E-state index contributed by atoms with van der Waals surface area (Å²) in [6.45, 7) is 3.47. The third-order valence-electron chi connectivity index (χ3n) is 4.68. The van der Waals surface area contributed by atoms with E-state index in [1.54, 1.807) is 23.5 Å². The Morgan fingerprint density at radius 2 is 2.08 bits per heavy atom. The zero-order chi connectivity index (χ0) is 17.8. The van der Waals surface area contributed by atoms with Gasteiger partial charge in [-0.3, -0.25) is 4.79 Å². The number of benzene rings is 1. The molecular formula is C19H24N2O3S. The fraction of sp³-hybridized carbons (Fsp3) is 0.421. The number of hydrogen-bond donors (Lipinski definition) is 4. The minimum absolute atomic E-state index is 0.0183. The first-order chi connectivity index (χ1) is 12.0. The summed E-state index contributed by atoms with van der Waals surface area (Å²) in [5.74, 6) is -0.0235. The van der Waals surface area contributed by atoms with Crippen LogP contribution >= 0.6 is 11.3 Å². The quantitative estimate of drug-likeness (QED) is 0.658. The molecular weight excluding hydrogens is 336 g/mol. The lowest BCUT2D eigenvalue weighted by atomic mass is 9.85. The lowest BCUT2D eigenvalue weighted by molar-refractivity contribution is 0.0557. The summed E-state index contributed by atoms with van der Waals surface area (Å²) in [5, 5.41) is 26.1. The number of carbonyl (C=O) groups excluding carboxylic acids is 1. The van der Waals surface area contributed by atoms with E-state index in [0.29, 0.717) is 18.5 Å². The number of carbonyl (C=O) groups is 1. The fourth-order valence-electron chi connectivity index (χ4n) is 3.32. The summed E-state index contributed by atoms with van der Waals surface area (Å²) in [6.07, 6.45) is 1.07. The number of aryl methyl sites for hydroxylation is 1. The van der Waals surface area contributed by atoms with Crippen LogP contribution in [0.5, 0.6) is 5.75 Å². The maximum atomic E-state index is 12.6. The first-order valence-corrected chi connectivity index (χ1v) is 9.38. The lowest BCUT2D eigenvalue weighted by Crippen LogP contribution is -2.52. The molecule has 0 spiro atoms. The van der Waals surface area contributed by atoms with E-state index in [4.69, 9.17) is 0 Å². The van der Waals surface area contributed by atoms with Crippen LogP contribution < -0.4 is 10.6 Å².